The number of methoxy groups -OCH3 is 1. The summed E-state index contributed by atoms with van der Waals surface area (Å²) in [5.74, 6) is -0.135. The van der Waals surface area contributed by atoms with E-state index >= 15 is 0 Å². The molecule has 100 valence electrons. The fourth-order valence-corrected chi connectivity index (χ4v) is 2.16. The van der Waals surface area contributed by atoms with Crippen molar-refractivity contribution < 1.29 is 9.13 Å². The van der Waals surface area contributed by atoms with E-state index in [1.807, 2.05) is 12.1 Å². The highest BCUT2D eigenvalue weighted by Crippen LogP contribution is 2.28. The molecule has 0 aliphatic heterocycles. The van der Waals surface area contributed by atoms with Crippen LogP contribution in [0.4, 0.5) is 4.39 Å². The van der Waals surface area contributed by atoms with E-state index in [-0.39, 0.29) is 17.6 Å². The molecule has 2 rings (SSSR count). The second kappa shape index (κ2) is 6.12. The zero-order valence-corrected chi connectivity index (χ0v) is 12.2. The van der Waals surface area contributed by atoms with E-state index in [0.717, 1.165) is 10.2 Å². The van der Waals surface area contributed by atoms with E-state index in [1.54, 1.807) is 31.4 Å². The second-order valence-corrected chi connectivity index (χ2v) is 4.90. The number of aromatic nitrogens is 1. The van der Waals surface area contributed by atoms with Gasteiger partial charge in [0.15, 0.2) is 11.6 Å². The van der Waals surface area contributed by atoms with Crippen LogP contribution in [0, 0.1) is 5.82 Å². The van der Waals surface area contributed by atoms with E-state index in [0.29, 0.717) is 5.56 Å². The molecule has 5 heteroatoms. The molecule has 1 heterocycles. The van der Waals surface area contributed by atoms with Crippen LogP contribution in [0.2, 0.25) is 0 Å². The largest absolute Gasteiger partial charge is 0.494 e. The molecule has 0 fully saturated rings. The Hall–Kier alpha value is -1.46. The fraction of sp³-hybridized carbons (Fsp3) is 0.214. The van der Waals surface area contributed by atoms with Gasteiger partial charge in [-0.25, -0.2) is 4.39 Å². The molecule has 1 aromatic carbocycles. The van der Waals surface area contributed by atoms with Gasteiger partial charge in [0.05, 0.1) is 18.8 Å². The van der Waals surface area contributed by atoms with Gasteiger partial charge < -0.3 is 10.1 Å². The average molecular weight is 325 g/mol. The molecule has 1 atom stereocenters. The number of hydrogen-bond acceptors (Lipinski definition) is 3. The summed E-state index contributed by atoms with van der Waals surface area (Å²) < 4.78 is 20.2. The lowest BCUT2D eigenvalue weighted by Gasteiger charge is -2.18. The first-order valence-corrected chi connectivity index (χ1v) is 6.57. The van der Waals surface area contributed by atoms with Crippen molar-refractivity contribution >= 4 is 15.9 Å². The minimum Gasteiger partial charge on any atom is -0.494 e. The SMILES string of the molecule is CNC(c1ccc(Br)cn1)c1cccc(OC)c1F. The molecule has 0 saturated heterocycles. The molecule has 0 saturated carbocycles. The van der Waals surface area contributed by atoms with Gasteiger partial charge in [0, 0.05) is 16.2 Å². The molecule has 0 spiro atoms. The van der Waals surface area contributed by atoms with Gasteiger partial charge in [0.2, 0.25) is 0 Å². The monoisotopic (exact) mass is 324 g/mol. The maximum absolute atomic E-state index is 14.3. The van der Waals surface area contributed by atoms with Crippen LogP contribution in [0.25, 0.3) is 0 Å². The Labute approximate surface area is 119 Å². The van der Waals surface area contributed by atoms with Gasteiger partial charge in [-0.15, -0.1) is 0 Å². The molecule has 1 unspecified atom stereocenters. The molecular formula is C14H14BrFN2O. The minimum atomic E-state index is -0.367. The molecule has 1 N–H and O–H groups in total. The molecule has 0 aliphatic carbocycles. The number of benzene rings is 1. The zero-order valence-electron chi connectivity index (χ0n) is 10.7. The molecule has 0 bridgehead atoms. The summed E-state index contributed by atoms with van der Waals surface area (Å²) in [4.78, 5) is 4.31. The first-order chi connectivity index (χ1) is 9.17. The lowest BCUT2D eigenvalue weighted by atomic mass is 10.0. The summed E-state index contributed by atoms with van der Waals surface area (Å²) in [7, 11) is 3.22. The summed E-state index contributed by atoms with van der Waals surface area (Å²) in [6.45, 7) is 0. The normalized spacial score (nSPS) is 12.2. The van der Waals surface area contributed by atoms with Gasteiger partial charge in [0.25, 0.3) is 0 Å². The molecule has 19 heavy (non-hydrogen) atoms. The summed E-state index contributed by atoms with van der Waals surface area (Å²) in [5, 5.41) is 3.07. The van der Waals surface area contributed by atoms with E-state index in [4.69, 9.17) is 4.74 Å². The van der Waals surface area contributed by atoms with Crippen LogP contribution in [0.3, 0.4) is 0 Å². The second-order valence-electron chi connectivity index (χ2n) is 3.99. The Morgan fingerprint density at radius 1 is 1.32 bits per heavy atom. The van der Waals surface area contributed by atoms with Crippen molar-refractivity contribution in [3.8, 4) is 5.75 Å². The number of nitrogens with one attached hydrogen (secondary N) is 1. The van der Waals surface area contributed by atoms with Crippen LogP contribution in [0.1, 0.15) is 17.3 Å². The fourth-order valence-electron chi connectivity index (χ4n) is 1.93. The molecule has 0 amide bonds. The lowest BCUT2D eigenvalue weighted by Crippen LogP contribution is -2.20. The number of ether oxygens (including phenoxy) is 1. The molecule has 0 aliphatic rings. The van der Waals surface area contributed by atoms with E-state index in [1.165, 1.54) is 7.11 Å². The maximum atomic E-state index is 14.3. The molecular weight excluding hydrogens is 311 g/mol. The van der Waals surface area contributed by atoms with Crippen LogP contribution >= 0.6 is 15.9 Å². The highest BCUT2D eigenvalue weighted by Gasteiger charge is 2.19. The highest BCUT2D eigenvalue weighted by atomic mass is 79.9. The van der Waals surface area contributed by atoms with Gasteiger partial charge in [-0.2, -0.15) is 0 Å². The van der Waals surface area contributed by atoms with Crippen LogP contribution in [0.15, 0.2) is 41.0 Å². The zero-order chi connectivity index (χ0) is 13.8. The van der Waals surface area contributed by atoms with Crippen molar-refractivity contribution in [3.05, 3.63) is 58.1 Å². The van der Waals surface area contributed by atoms with Gasteiger partial charge >= 0.3 is 0 Å². The van der Waals surface area contributed by atoms with Gasteiger partial charge in [-0.1, -0.05) is 12.1 Å². The summed E-state index contributed by atoms with van der Waals surface area (Å²) in [6.07, 6.45) is 1.69. The van der Waals surface area contributed by atoms with E-state index in [9.17, 15) is 4.39 Å². The maximum Gasteiger partial charge on any atom is 0.170 e. The van der Waals surface area contributed by atoms with Crippen molar-refractivity contribution in [2.45, 2.75) is 6.04 Å². The molecule has 3 nitrogen and oxygen atoms in total. The molecule has 2 aromatic rings. The standard InChI is InChI=1S/C14H14BrFN2O/c1-17-14(11-7-6-9(15)8-18-11)10-4-3-5-12(19-2)13(10)16/h3-8,14,17H,1-2H3. The third kappa shape index (κ3) is 2.93. The Morgan fingerprint density at radius 2 is 2.11 bits per heavy atom. The number of halogens is 2. The summed E-state index contributed by atoms with van der Waals surface area (Å²) >= 11 is 3.33. The first-order valence-electron chi connectivity index (χ1n) is 5.78. The Bertz CT molecular complexity index is 560. The van der Waals surface area contributed by atoms with Crippen LogP contribution in [-0.4, -0.2) is 19.1 Å². The van der Waals surface area contributed by atoms with Crippen molar-refractivity contribution in [2.24, 2.45) is 0 Å². The Morgan fingerprint density at radius 3 is 2.68 bits per heavy atom. The molecule has 0 radical (unpaired) electrons. The number of pyridine rings is 1. The van der Waals surface area contributed by atoms with Gasteiger partial charge in [0.1, 0.15) is 0 Å². The number of hydrogen-bond donors (Lipinski definition) is 1. The average Bonchev–Trinajstić information content (AvgIpc) is 2.43. The number of rotatable bonds is 4. The predicted molar refractivity (Wildman–Crippen MR) is 75.8 cm³/mol. The quantitative estimate of drug-likeness (QED) is 0.937. The van der Waals surface area contributed by atoms with Crippen LogP contribution < -0.4 is 10.1 Å². The summed E-state index contributed by atoms with van der Waals surface area (Å²) in [5.41, 5.74) is 1.26. The lowest BCUT2D eigenvalue weighted by molar-refractivity contribution is 0.382. The van der Waals surface area contributed by atoms with Gasteiger partial charge in [-0.3, -0.25) is 4.98 Å². The Kier molecular flexibility index (Phi) is 4.50. The topological polar surface area (TPSA) is 34.2 Å². The van der Waals surface area contributed by atoms with E-state index in [2.05, 4.69) is 26.2 Å². The minimum absolute atomic E-state index is 0.231. The summed E-state index contributed by atoms with van der Waals surface area (Å²) in [6, 6.07) is 8.50. The van der Waals surface area contributed by atoms with Crippen molar-refractivity contribution in [2.75, 3.05) is 14.2 Å². The van der Waals surface area contributed by atoms with Crippen LogP contribution in [-0.2, 0) is 0 Å². The van der Waals surface area contributed by atoms with Gasteiger partial charge in [-0.05, 0) is 41.2 Å². The van der Waals surface area contributed by atoms with E-state index < -0.39 is 0 Å². The third-order valence-corrected chi connectivity index (χ3v) is 3.33. The van der Waals surface area contributed by atoms with Crippen LogP contribution in [0.5, 0.6) is 5.75 Å². The van der Waals surface area contributed by atoms with Crippen molar-refractivity contribution in [1.82, 2.24) is 10.3 Å². The number of nitrogens with zero attached hydrogens (tertiary/aromatic N) is 1. The Balaban J connectivity index is 2.45. The first kappa shape index (κ1) is 14.0. The highest BCUT2D eigenvalue weighted by molar-refractivity contribution is 9.10. The predicted octanol–water partition coefficient (Wildman–Crippen LogP) is 3.30. The smallest absolute Gasteiger partial charge is 0.170 e. The molecule has 1 aromatic heterocycles. The van der Waals surface area contributed by atoms with Crippen molar-refractivity contribution in [3.63, 3.8) is 0 Å². The third-order valence-electron chi connectivity index (χ3n) is 2.86. The van der Waals surface area contributed by atoms with Crippen molar-refractivity contribution in [1.29, 1.82) is 0 Å².